The molecular weight excluding hydrogens is 318 g/mol. The number of pyridine rings is 1. The predicted molar refractivity (Wildman–Crippen MR) is 91.7 cm³/mol. The van der Waals surface area contributed by atoms with Crippen molar-refractivity contribution in [1.82, 2.24) is 14.8 Å². The fraction of sp³-hybridized carbons (Fsp3) is 0.333. The molecule has 0 saturated carbocycles. The second-order valence-electron chi connectivity index (χ2n) is 6.42. The van der Waals surface area contributed by atoms with E-state index in [4.69, 9.17) is 9.68 Å². The van der Waals surface area contributed by atoms with Gasteiger partial charge in [0.15, 0.2) is 5.58 Å². The third-order valence-electron chi connectivity index (χ3n) is 4.46. The molecule has 0 aromatic carbocycles. The maximum atomic E-state index is 12.4. The summed E-state index contributed by atoms with van der Waals surface area (Å²) < 4.78 is 7.87. The van der Waals surface area contributed by atoms with Gasteiger partial charge in [-0.1, -0.05) is 0 Å². The summed E-state index contributed by atoms with van der Waals surface area (Å²) in [6.45, 7) is 4.62. The lowest BCUT2D eigenvalue weighted by atomic mass is 10.1. The van der Waals surface area contributed by atoms with Crippen LogP contribution in [-0.4, -0.2) is 27.2 Å². The van der Waals surface area contributed by atoms with Crippen LogP contribution in [0.3, 0.4) is 0 Å². The van der Waals surface area contributed by atoms with Crippen molar-refractivity contribution in [2.45, 2.75) is 26.3 Å². The van der Waals surface area contributed by atoms with Gasteiger partial charge in [0, 0.05) is 31.0 Å². The highest BCUT2D eigenvalue weighted by molar-refractivity contribution is 6.04. The van der Waals surface area contributed by atoms with Crippen LogP contribution in [0.15, 0.2) is 35.1 Å². The molecule has 0 N–H and O–H groups in total. The van der Waals surface area contributed by atoms with E-state index in [2.05, 4.69) is 30.0 Å². The molecule has 1 fully saturated rings. The highest BCUT2D eigenvalue weighted by Crippen LogP contribution is 2.35. The quantitative estimate of drug-likeness (QED) is 0.733. The van der Waals surface area contributed by atoms with Crippen LogP contribution in [-0.2, 0) is 4.79 Å². The minimum Gasteiger partial charge on any atom is -0.452 e. The largest absolute Gasteiger partial charge is 0.452 e. The van der Waals surface area contributed by atoms with E-state index in [0.29, 0.717) is 35.5 Å². The molecule has 1 amide bonds. The molecule has 4 heterocycles. The minimum atomic E-state index is -0.582. The Labute approximate surface area is 144 Å². The highest BCUT2D eigenvalue weighted by Gasteiger charge is 2.34. The number of hydrogen-bond donors (Lipinski definition) is 0. The summed E-state index contributed by atoms with van der Waals surface area (Å²) in [4.78, 5) is 18.3. The number of carbonyl (C=O) groups excluding carboxylic acids is 1. The number of nitriles is 1. The Morgan fingerprint density at radius 1 is 1.44 bits per heavy atom. The van der Waals surface area contributed by atoms with Crippen LogP contribution < -0.4 is 4.90 Å². The molecule has 4 rings (SSSR count). The second kappa shape index (κ2) is 5.74. The van der Waals surface area contributed by atoms with Crippen molar-refractivity contribution in [3.63, 3.8) is 0 Å². The van der Waals surface area contributed by atoms with Crippen LogP contribution in [0, 0.1) is 17.2 Å². The van der Waals surface area contributed by atoms with Gasteiger partial charge < -0.3 is 9.32 Å². The summed E-state index contributed by atoms with van der Waals surface area (Å²) >= 11 is 0. The number of furan rings is 1. The van der Waals surface area contributed by atoms with Crippen molar-refractivity contribution in [3.8, 4) is 17.4 Å². The van der Waals surface area contributed by atoms with Crippen LogP contribution in [0.5, 0.6) is 0 Å². The second-order valence-corrected chi connectivity index (χ2v) is 6.42. The lowest BCUT2D eigenvalue weighted by Crippen LogP contribution is -2.26. The van der Waals surface area contributed by atoms with Crippen LogP contribution >= 0.6 is 0 Å². The van der Waals surface area contributed by atoms with Gasteiger partial charge in [0.2, 0.25) is 5.91 Å². The fourth-order valence-corrected chi connectivity index (χ4v) is 3.07. The third kappa shape index (κ3) is 2.47. The van der Waals surface area contributed by atoms with Crippen molar-refractivity contribution >= 4 is 22.7 Å². The Morgan fingerprint density at radius 3 is 2.96 bits per heavy atom. The molecule has 1 aliphatic heterocycles. The maximum absolute atomic E-state index is 12.4. The number of nitrogens with zero attached hydrogens (tertiary/aromatic N) is 5. The number of fused-ring (bicyclic) bond motifs is 1. The third-order valence-corrected chi connectivity index (χ3v) is 4.46. The average molecular weight is 335 g/mol. The normalized spacial score (nSPS) is 17.6. The van der Waals surface area contributed by atoms with Crippen molar-refractivity contribution in [2.24, 2.45) is 5.92 Å². The van der Waals surface area contributed by atoms with E-state index in [1.54, 1.807) is 23.4 Å². The number of anilines is 1. The number of carbonyl (C=O) groups is 1. The van der Waals surface area contributed by atoms with Crippen molar-refractivity contribution in [2.75, 3.05) is 11.4 Å². The zero-order valence-electron chi connectivity index (χ0n) is 14.0. The van der Waals surface area contributed by atoms with Gasteiger partial charge in [0.05, 0.1) is 23.5 Å². The zero-order chi connectivity index (χ0) is 17.6. The van der Waals surface area contributed by atoms with E-state index in [0.717, 1.165) is 5.56 Å². The Morgan fingerprint density at radius 2 is 2.28 bits per heavy atom. The van der Waals surface area contributed by atoms with E-state index in [-0.39, 0.29) is 11.9 Å². The molecule has 0 aliphatic carbocycles. The van der Waals surface area contributed by atoms with E-state index in [1.165, 1.54) is 0 Å². The van der Waals surface area contributed by atoms with Crippen molar-refractivity contribution in [3.05, 3.63) is 30.7 Å². The lowest BCUT2D eigenvalue weighted by Gasteiger charge is -2.15. The van der Waals surface area contributed by atoms with Crippen LogP contribution in [0.4, 0.5) is 5.69 Å². The Kier molecular flexibility index (Phi) is 3.53. The summed E-state index contributed by atoms with van der Waals surface area (Å²) in [6.07, 6.45) is 5.87. The molecular formula is C18H17N5O2. The van der Waals surface area contributed by atoms with Gasteiger partial charge in [-0.25, -0.2) is 0 Å². The van der Waals surface area contributed by atoms with Gasteiger partial charge in [0.1, 0.15) is 17.2 Å². The number of amides is 1. The van der Waals surface area contributed by atoms with Gasteiger partial charge in [-0.05, 0) is 26.3 Å². The van der Waals surface area contributed by atoms with Gasteiger partial charge in [0.25, 0.3) is 0 Å². The van der Waals surface area contributed by atoms with Crippen molar-refractivity contribution < 1.29 is 9.21 Å². The number of rotatable bonds is 3. The molecule has 1 unspecified atom stereocenters. The first-order chi connectivity index (χ1) is 12.1. The maximum Gasteiger partial charge on any atom is 0.244 e. The van der Waals surface area contributed by atoms with Gasteiger partial charge in [-0.3, -0.25) is 14.5 Å². The van der Waals surface area contributed by atoms with Crippen LogP contribution in [0.25, 0.3) is 22.4 Å². The van der Waals surface area contributed by atoms with Gasteiger partial charge >= 0.3 is 0 Å². The summed E-state index contributed by atoms with van der Waals surface area (Å²) in [7, 11) is 0. The number of aromatic nitrogens is 3. The predicted octanol–water partition coefficient (Wildman–Crippen LogP) is 3.15. The van der Waals surface area contributed by atoms with Crippen molar-refractivity contribution in [1.29, 1.82) is 5.26 Å². The summed E-state index contributed by atoms with van der Waals surface area (Å²) in [5.41, 5.74) is 2.76. The zero-order valence-corrected chi connectivity index (χ0v) is 14.0. The summed E-state index contributed by atoms with van der Waals surface area (Å²) in [6, 6.07) is 5.92. The average Bonchev–Trinajstić information content (AvgIpc) is 3.31. The smallest absolute Gasteiger partial charge is 0.244 e. The SMILES string of the molecule is CC(C)n1cc(-c2cc3nccc(N4CCC(C#N)C4=O)c3o2)cn1. The first-order valence-electron chi connectivity index (χ1n) is 8.22. The fourth-order valence-electron chi connectivity index (χ4n) is 3.07. The van der Waals surface area contributed by atoms with Crippen LogP contribution in [0.2, 0.25) is 0 Å². The van der Waals surface area contributed by atoms with E-state index < -0.39 is 5.92 Å². The molecule has 1 saturated heterocycles. The first-order valence-corrected chi connectivity index (χ1v) is 8.22. The Hall–Kier alpha value is -3.14. The molecule has 0 bridgehead atoms. The molecule has 0 radical (unpaired) electrons. The molecule has 3 aromatic rings. The van der Waals surface area contributed by atoms with E-state index in [1.807, 2.05) is 16.9 Å². The summed E-state index contributed by atoms with van der Waals surface area (Å²) in [5, 5.41) is 13.4. The minimum absolute atomic E-state index is 0.180. The molecule has 1 aliphatic rings. The standard InChI is InChI=1S/C18H17N5O2/c1-11(2)23-10-13(9-21-23)16-7-14-17(25-16)15(3-5-20-14)22-6-4-12(8-19)18(22)24/h3,5,7,9-12H,4,6H2,1-2H3. The molecule has 7 heteroatoms. The molecule has 7 nitrogen and oxygen atoms in total. The lowest BCUT2D eigenvalue weighted by molar-refractivity contribution is -0.118. The number of hydrogen-bond acceptors (Lipinski definition) is 5. The van der Waals surface area contributed by atoms with Gasteiger partial charge in [-0.15, -0.1) is 0 Å². The van der Waals surface area contributed by atoms with Crippen LogP contribution in [0.1, 0.15) is 26.3 Å². The molecule has 1 atom stereocenters. The van der Waals surface area contributed by atoms with Gasteiger partial charge in [-0.2, -0.15) is 10.4 Å². The Balaban J connectivity index is 1.77. The topological polar surface area (TPSA) is 88.0 Å². The molecule has 25 heavy (non-hydrogen) atoms. The van der Waals surface area contributed by atoms with E-state index in [9.17, 15) is 4.79 Å². The highest BCUT2D eigenvalue weighted by atomic mass is 16.3. The monoisotopic (exact) mass is 335 g/mol. The molecule has 126 valence electrons. The first kappa shape index (κ1) is 15.4. The Bertz CT molecular complexity index is 994. The van der Waals surface area contributed by atoms with E-state index >= 15 is 0 Å². The summed E-state index contributed by atoms with van der Waals surface area (Å²) in [5.74, 6) is -0.104. The molecule has 3 aromatic heterocycles. The molecule has 0 spiro atoms.